The monoisotopic (exact) mass is 584 g/mol. The summed E-state index contributed by atoms with van der Waals surface area (Å²) in [6.07, 6.45) is 10.9. The Labute approximate surface area is 246 Å². The Morgan fingerprint density at radius 2 is 1.98 bits per heavy atom. The first-order valence-electron chi connectivity index (χ1n) is 14.3. The van der Waals surface area contributed by atoms with E-state index in [2.05, 4.69) is 14.9 Å². The van der Waals surface area contributed by atoms with Crippen LogP contribution in [0.2, 0.25) is 0 Å². The SMILES string of the molecule is COC(=O)[C@@H](Cc1c[nH]c2ccc(OCC(=O)O)cc12)NC(=O)c1ccc2c(c1)nc(-c1ccoc1)n2C1CCCCC1. The van der Waals surface area contributed by atoms with Gasteiger partial charge in [-0.15, -0.1) is 0 Å². The lowest BCUT2D eigenvalue weighted by Gasteiger charge is -2.25. The van der Waals surface area contributed by atoms with E-state index < -0.39 is 30.5 Å². The van der Waals surface area contributed by atoms with E-state index in [-0.39, 0.29) is 6.42 Å². The van der Waals surface area contributed by atoms with E-state index in [0.717, 1.165) is 59.1 Å². The molecule has 1 aliphatic carbocycles. The quantitative estimate of drug-likeness (QED) is 0.188. The van der Waals surface area contributed by atoms with Crippen molar-refractivity contribution in [1.29, 1.82) is 0 Å². The molecule has 1 atom stereocenters. The van der Waals surface area contributed by atoms with Crippen LogP contribution in [-0.2, 0) is 20.7 Å². The first-order valence-corrected chi connectivity index (χ1v) is 14.3. The summed E-state index contributed by atoms with van der Waals surface area (Å²) in [5.74, 6) is -0.915. The van der Waals surface area contributed by atoms with Crippen molar-refractivity contribution in [2.24, 2.45) is 0 Å². The smallest absolute Gasteiger partial charge is 0.341 e. The van der Waals surface area contributed by atoms with Crippen LogP contribution in [0.5, 0.6) is 5.75 Å². The first-order chi connectivity index (χ1) is 20.9. The molecular formula is C32H32N4O7. The maximum Gasteiger partial charge on any atom is 0.341 e. The molecule has 0 radical (unpaired) electrons. The number of esters is 1. The standard InChI is InChI=1S/C32H32N4O7/c1-41-32(40)27(14-21-16-33-25-9-8-23(15-24(21)25)43-18-29(37)38)35-31(39)19-7-10-28-26(13-19)34-30(20-11-12-42-17-20)36(28)22-5-3-2-4-6-22/h7-13,15-17,22,27,33H,2-6,14,18H2,1H3,(H,35,39)(H,37,38)/t27-/m1/s1. The number of carboxylic acid groups (broad SMARTS) is 1. The second kappa shape index (κ2) is 12.0. The number of carboxylic acids is 1. The van der Waals surface area contributed by atoms with Crippen molar-refractivity contribution in [2.45, 2.75) is 50.6 Å². The number of aromatic nitrogens is 3. The zero-order valence-corrected chi connectivity index (χ0v) is 23.7. The molecule has 0 aliphatic heterocycles. The van der Waals surface area contributed by atoms with Crippen LogP contribution in [-0.4, -0.2) is 57.2 Å². The summed E-state index contributed by atoms with van der Waals surface area (Å²) in [5.41, 5.74) is 4.40. The number of imidazole rings is 1. The molecule has 6 rings (SSSR count). The Kier molecular flexibility index (Phi) is 7.86. The summed E-state index contributed by atoms with van der Waals surface area (Å²) < 4.78 is 18.0. The molecule has 11 nitrogen and oxygen atoms in total. The second-order valence-electron chi connectivity index (χ2n) is 10.8. The third-order valence-corrected chi connectivity index (χ3v) is 7.99. The number of ether oxygens (including phenoxy) is 2. The van der Waals surface area contributed by atoms with Crippen LogP contribution in [0.4, 0.5) is 0 Å². The largest absolute Gasteiger partial charge is 0.482 e. The Hall–Kier alpha value is -5.06. The Morgan fingerprint density at radius 3 is 2.72 bits per heavy atom. The van der Waals surface area contributed by atoms with Crippen LogP contribution in [0.25, 0.3) is 33.3 Å². The number of H-pyrrole nitrogens is 1. The summed E-state index contributed by atoms with van der Waals surface area (Å²) >= 11 is 0. The fourth-order valence-corrected chi connectivity index (χ4v) is 5.90. The number of nitrogens with one attached hydrogen (secondary N) is 2. The summed E-state index contributed by atoms with van der Waals surface area (Å²) in [6.45, 7) is -0.473. The molecule has 222 valence electrons. The average Bonchev–Trinajstić information content (AvgIpc) is 3.78. The first kappa shape index (κ1) is 28.1. The minimum Gasteiger partial charge on any atom is -0.482 e. The van der Waals surface area contributed by atoms with E-state index >= 15 is 0 Å². The summed E-state index contributed by atoms with van der Waals surface area (Å²) in [6, 6.07) is 11.8. The lowest BCUT2D eigenvalue weighted by atomic mass is 9.95. The van der Waals surface area contributed by atoms with Gasteiger partial charge < -0.3 is 33.9 Å². The molecule has 0 saturated heterocycles. The van der Waals surface area contributed by atoms with Gasteiger partial charge in [-0.05, 0) is 60.9 Å². The van der Waals surface area contributed by atoms with Crippen LogP contribution in [0, 0.1) is 0 Å². The number of hydrogen-bond donors (Lipinski definition) is 3. The van der Waals surface area contributed by atoms with Crippen molar-refractivity contribution in [2.75, 3.05) is 13.7 Å². The molecule has 5 aromatic rings. The van der Waals surface area contributed by atoms with Gasteiger partial charge in [0.1, 0.15) is 23.9 Å². The fourth-order valence-electron chi connectivity index (χ4n) is 5.90. The van der Waals surface area contributed by atoms with Gasteiger partial charge >= 0.3 is 11.9 Å². The predicted molar refractivity (Wildman–Crippen MR) is 158 cm³/mol. The Balaban J connectivity index is 1.27. The topological polar surface area (TPSA) is 149 Å². The highest BCUT2D eigenvalue weighted by atomic mass is 16.5. The number of carbonyl (C=O) groups excluding carboxylic acids is 2. The van der Waals surface area contributed by atoms with Gasteiger partial charge in [0.05, 0.1) is 30.0 Å². The highest BCUT2D eigenvalue weighted by Crippen LogP contribution is 2.36. The number of amides is 1. The number of carbonyl (C=O) groups is 3. The van der Waals surface area contributed by atoms with Crippen molar-refractivity contribution in [3.63, 3.8) is 0 Å². The van der Waals surface area contributed by atoms with Gasteiger partial charge in [0.15, 0.2) is 6.61 Å². The molecule has 1 aliphatic rings. The maximum absolute atomic E-state index is 13.5. The summed E-state index contributed by atoms with van der Waals surface area (Å²) in [7, 11) is 1.27. The third-order valence-electron chi connectivity index (χ3n) is 7.99. The van der Waals surface area contributed by atoms with Crippen LogP contribution in [0.1, 0.15) is 54.1 Å². The molecule has 0 bridgehead atoms. The molecule has 1 saturated carbocycles. The van der Waals surface area contributed by atoms with Gasteiger partial charge in [-0.3, -0.25) is 4.79 Å². The molecule has 43 heavy (non-hydrogen) atoms. The van der Waals surface area contributed by atoms with Crippen LogP contribution in [0.3, 0.4) is 0 Å². The fraction of sp³-hybridized carbons (Fsp3) is 0.312. The van der Waals surface area contributed by atoms with E-state index in [9.17, 15) is 14.4 Å². The predicted octanol–water partition coefficient (Wildman–Crippen LogP) is 5.26. The molecule has 1 fully saturated rings. The Morgan fingerprint density at radius 1 is 1.14 bits per heavy atom. The highest BCUT2D eigenvalue weighted by Gasteiger charge is 2.26. The zero-order valence-electron chi connectivity index (χ0n) is 23.7. The van der Waals surface area contributed by atoms with Crippen LogP contribution < -0.4 is 10.1 Å². The molecule has 0 spiro atoms. The zero-order chi connectivity index (χ0) is 29.9. The number of aromatic amines is 1. The number of benzene rings is 2. The summed E-state index contributed by atoms with van der Waals surface area (Å²) in [4.78, 5) is 45.2. The highest BCUT2D eigenvalue weighted by molar-refractivity contribution is 6.00. The number of hydrogen-bond acceptors (Lipinski definition) is 7. The molecular weight excluding hydrogens is 552 g/mol. The molecule has 3 N–H and O–H groups in total. The van der Waals surface area contributed by atoms with E-state index in [1.54, 1.807) is 49.1 Å². The Bertz CT molecular complexity index is 1780. The minimum absolute atomic E-state index is 0.143. The van der Waals surface area contributed by atoms with Crippen molar-refractivity contribution < 1.29 is 33.4 Å². The number of nitrogens with zero attached hydrogens (tertiary/aromatic N) is 2. The van der Waals surface area contributed by atoms with E-state index in [4.69, 9.17) is 24.0 Å². The van der Waals surface area contributed by atoms with Crippen molar-refractivity contribution >= 4 is 39.8 Å². The van der Waals surface area contributed by atoms with Gasteiger partial charge in [0.25, 0.3) is 5.91 Å². The number of furan rings is 1. The normalized spacial score (nSPS) is 14.5. The van der Waals surface area contributed by atoms with E-state index in [1.165, 1.54) is 13.5 Å². The van der Waals surface area contributed by atoms with Crippen molar-refractivity contribution in [3.8, 4) is 17.1 Å². The maximum atomic E-state index is 13.5. The van der Waals surface area contributed by atoms with Gasteiger partial charge in [-0.1, -0.05) is 19.3 Å². The molecule has 2 aromatic carbocycles. The van der Waals surface area contributed by atoms with E-state index in [0.29, 0.717) is 22.9 Å². The third kappa shape index (κ3) is 5.83. The minimum atomic E-state index is -1.08. The number of aliphatic carboxylic acids is 1. The molecule has 3 aromatic heterocycles. The summed E-state index contributed by atoms with van der Waals surface area (Å²) in [5, 5.41) is 12.5. The number of fused-ring (bicyclic) bond motifs is 2. The molecule has 0 unspecified atom stereocenters. The van der Waals surface area contributed by atoms with E-state index in [1.807, 2.05) is 12.1 Å². The molecule has 3 heterocycles. The van der Waals surface area contributed by atoms with Gasteiger partial charge in [0.2, 0.25) is 0 Å². The van der Waals surface area contributed by atoms with Gasteiger partial charge in [-0.2, -0.15) is 0 Å². The molecule has 1 amide bonds. The molecule has 11 heteroatoms. The number of rotatable bonds is 10. The van der Waals surface area contributed by atoms with Gasteiger partial charge in [0, 0.05) is 35.1 Å². The van der Waals surface area contributed by atoms with Gasteiger partial charge in [-0.25, -0.2) is 14.6 Å². The van der Waals surface area contributed by atoms with Crippen molar-refractivity contribution in [3.05, 3.63) is 72.3 Å². The second-order valence-corrected chi connectivity index (χ2v) is 10.8. The average molecular weight is 585 g/mol. The van der Waals surface area contributed by atoms with Crippen LogP contribution in [0.15, 0.2) is 65.6 Å². The number of methoxy groups -OCH3 is 1. The lowest BCUT2D eigenvalue weighted by molar-refractivity contribution is -0.143. The lowest BCUT2D eigenvalue weighted by Crippen LogP contribution is -2.43. The van der Waals surface area contributed by atoms with Crippen molar-refractivity contribution in [1.82, 2.24) is 19.9 Å². The van der Waals surface area contributed by atoms with Crippen LogP contribution >= 0.6 is 0 Å².